The first-order valence-corrected chi connectivity index (χ1v) is 8.30. The first-order valence-electron chi connectivity index (χ1n) is 8.30. The van der Waals surface area contributed by atoms with Crippen molar-refractivity contribution in [2.24, 2.45) is 0 Å². The third kappa shape index (κ3) is 3.19. The van der Waals surface area contributed by atoms with Gasteiger partial charge in [0.15, 0.2) is 5.82 Å². The van der Waals surface area contributed by atoms with Crippen LogP contribution in [0.5, 0.6) is 6.01 Å². The summed E-state index contributed by atoms with van der Waals surface area (Å²) in [5, 5.41) is 3.82. The molecule has 2 aromatic rings. The molecule has 4 heterocycles. The Bertz CT molecular complexity index is 773. The van der Waals surface area contributed by atoms with Gasteiger partial charge in [-0.05, 0) is 13.0 Å². The maximum atomic E-state index is 12.3. The average molecular weight is 344 g/mol. The number of carbonyl (C=O) groups excluding carboxylic acids is 1. The summed E-state index contributed by atoms with van der Waals surface area (Å²) in [4.78, 5) is 29.1. The van der Waals surface area contributed by atoms with E-state index >= 15 is 0 Å². The molecule has 2 aliphatic heterocycles. The van der Waals surface area contributed by atoms with E-state index in [-0.39, 0.29) is 17.9 Å². The number of aromatic nitrogens is 4. The van der Waals surface area contributed by atoms with Crippen molar-refractivity contribution in [3.63, 3.8) is 0 Å². The van der Waals surface area contributed by atoms with Crippen LogP contribution in [-0.2, 0) is 11.3 Å². The van der Waals surface area contributed by atoms with Crippen LogP contribution in [0.15, 0.2) is 16.8 Å². The molecule has 2 aliphatic rings. The SMILES string of the molecule is COc1nccc(CN2CC(N3CC(c4nc(C)no4)CC3=O)C2)n1. The standard InChI is InChI=1S/C16H20N6O3/c1-10-18-15(25-20-10)11-5-14(23)22(6-11)13-8-21(9-13)7-12-3-4-17-16(19-12)24-2/h3-4,11,13H,5-9H2,1-2H3. The van der Waals surface area contributed by atoms with Gasteiger partial charge in [0.2, 0.25) is 11.8 Å². The Hall–Kier alpha value is -2.55. The minimum absolute atomic E-state index is 0.00822. The molecule has 0 aromatic carbocycles. The van der Waals surface area contributed by atoms with Crippen molar-refractivity contribution in [3.05, 3.63) is 29.7 Å². The maximum absolute atomic E-state index is 12.3. The number of nitrogens with zero attached hydrogens (tertiary/aromatic N) is 6. The van der Waals surface area contributed by atoms with Gasteiger partial charge in [-0.25, -0.2) is 4.98 Å². The molecule has 9 heteroatoms. The molecule has 2 aromatic heterocycles. The van der Waals surface area contributed by atoms with Crippen molar-refractivity contribution in [3.8, 4) is 6.01 Å². The summed E-state index contributed by atoms with van der Waals surface area (Å²) in [6.07, 6.45) is 2.14. The lowest BCUT2D eigenvalue weighted by Gasteiger charge is -2.43. The van der Waals surface area contributed by atoms with Crippen LogP contribution in [0.2, 0.25) is 0 Å². The van der Waals surface area contributed by atoms with E-state index in [1.165, 1.54) is 0 Å². The molecule has 1 amide bonds. The number of methoxy groups -OCH3 is 1. The third-order valence-corrected chi connectivity index (χ3v) is 4.69. The van der Waals surface area contributed by atoms with Crippen molar-refractivity contribution in [2.75, 3.05) is 26.7 Å². The lowest BCUT2D eigenvalue weighted by Crippen LogP contribution is -2.59. The van der Waals surface area contributed by atoms with Crippen LogP contribution >= 0.6 is 0 Å². The maximum Gasteiger partial charge on any atom is 0.316 e. The molecule has 0 radical (unpaired) electrons. The highest BCUT2D eigenvalue weighted by atomic mass is 16.5. The summed E-state index contributed by atoms with van der Waals surface area (Å²) in [5.74, 6) is 1.34. The molecule has 0 saturated carbocycles. The second-order valence-electron chi connectivity index (χ2n) is 6.51. The number of hydrogen-bond acceptors (Lipinski definition) is 8. The molecule has 2 saturated heterocycles. The predicted molar refractivity (Wildman–Crippen MR) is 85.8 cm³/mol. The molecule has 25 heavy (non-hydrogen) atoms. The Kier molecular flexibility index (Phi) is 4.08. The van der Waals surface area contributed by atoms with Gasteiger partial charge in [0, 0.05) is 38.8 Å². The Morgan fingerprint density at radius 2 is 2.16 bits per heavy atom. The highest BCUT2D eigenvalue weighted by Gasteiger charge is 2.42. The van der Waals surface area contributed by atoms with E-state index in [0.29, 0.717) is 30.7 Å². The number of ether oxygens (including phenoxy) is 1. The molecular formula is C16H20N6O3. The molecule has 9 nitrogen and oxygen atoms in total. The fraction of sp³-hybridized carbons (Fsp3) is 0.562. The van der Waals surface area contributed by atoms with Gasteiger partial charge in [-0.15, -0.1) is 0 Å². The minimum atomic E-state index is 0.00822. The Labute approximate surface area is 145 Å². The molecule has 4 rings (SSSR count). The highest BCUT2D eigenvalue weighted by molar-refractivity contribution is 5.80. The summed E-state index contributed by atoms with van der Waals surface area (Å²) in [6, 6.07) is 2.50. The van der Waals surface area contributed by atoms with Gasteiger partial charge >= 0.3 is 6.01 Å². The molecule has 1 unspecified atom stereocenters. The molecule has 1 atom stereocenters. The number of aryl methyl sites for hydroxylation is 1. The van der Waals surface area contributed by atoms with E-state index in [1.807, 2.05) is 11.0 Å². The highest BCUT2D eigenvalue weighted by Crippen LogP contribution is 2.31. The van der Waals surface area contributed by atoms with Crippen LogP contribution in [0, 0.1) is 6.92 Å². The first-order chi connectivity index (χ1) is 12.1. The van der Waals surface area contributed by atoms with Crippen molar-refractivity contribution < 1.29 is 14.1 Å². The molecule has 132 valence electrons. The molecule has 0 aliphatic carbocycles. The van der Waals surface area contributed by atoms with Gasteiger partial charge in [-0.1, -0.05) is 5.16 Å². The van der Waals surface area contributed by atoms with Crippen molar-refractivity contribution >= 4 is 5.91 Å². The summed E-state index contributed by atoms with van der Waals surface area (Å²) in [5.41, 5.74) is 0.914. The van der Waals surface area contributed by atoms with Gasteiger partial charge in [-0.3, -0.25) is 9.69 Å². The summed E-state index contributed by atoms with van der Waals surface area (Å²) >= 11 is 0. The fourth-order valence-corrected chi connectivity index (χ4v) is 3.39. The number of amides is 1. The average Bonchev–Trinajstić information content (AvgIpc) is 3.17. The first kappa shape index (κ1) is 15.9. The third-order valence-electron chi connectivity index (χ3n) is 4.69. The van der Waals surface area contributed by atoms with Gasteiger partial charge in [0.05, 0.1) is 24.8 Å². The van der Waals surface area contributed by atoms with Crippen LogP contribution in [0.3, 0.4) is 0 Å². The van der Waals surface area contributed by atoms with Crippen molar-refractivity contribution in [2.45, 2.75) is 31.8 Å². The zero-order chi connectivity index (χ0) is 17.4. The summed E-state index contributed by atoms with van der Waals surface area (Å²) in [7, 11) is 1.55. The van der Waals surface area contributed by atoms with Crippen LogP contribution in [0.1, 0.15) is 29.7 Å². The zero-order valence-electron chi connectivity index (χ0n) is 14.3. The van der Waals surface area contributed by atoms with E-state index in [9.17, 15) is 4.79 Å². The number of likely N-dealkylation sites (tertiary alicyclic amines) is 2. The lowest BCUT2D eigenvalue weighted by atomic mass is 10.1. The molecule has 0 N–H and O–H groups in total. The molecular weight excluding hydrogens is 324 g/mol. The number of carbonyl (C=O) groups is 1. The predicted octanol–water partition coefficient (Wildman–Crippen LogP) is 0.377. The normalized spacial score (nSPS) is 21.6. The smallest absolute Gasteiger partial charge is 0.316 e. The molecule has 0 spiro atoms. The van der Waals surface area contributed by atoms with Crippen molar-refractivity contribution in [1.29, 1.82) is 0 Å². The lowest BCUT2D eigenvalue weighted by molar-refractivity contribution is -0.133. The van der Waals surface area contributed by atoms with E-state index in [2.05, 4.69) is 25.0 Å². The van der Waals surface area contributed by atoms with E-state index in [0.717, 1.165) is 25.3 Å². The van der Waals surface area contributed by atoms with Crippen LogP contribution in [0.4, 0.5) is 0 Å². The Balaban J connectivity index is 1.32. The second-order valence-corrected chi connectivity index (χ2v) is 6.51. The minimum Gasteiger partial charge on any atom is -0.467 e. The topological polar surface area (TPSA) is 97.5 Å². The summed E-state index contributed by atoms with van der Waals surface area (Å²) < 4.78 is 10.3. The van der Waals surface area contributed by atoms with Gasteiger partial charge in [0.1, 0.15) is 0 Å². The van der Waals surface area contributed by atoms with Crippen LogP contribution in [0.25, 0.3) is 0 Å². The van der Waals surface area contributed by atoms with Crippen LogP contribution < -0.4 is 4.74 Å². The Morgan fingerprint density at radius 3 is 2.88 bits per heavy atom. The van der Waals surface area contributed by atoms with Crippen molar-refractivity contribution in [1.82, 2.24) is 29.9 Å². The van der Waals surface area contributed by atoms with E-state index in [1.54, 1.807) is 20.2 Å². The van der Waals surface area contributed by atoms with E-state index < -0.39 is 0 Å². The zero-order valence-corrected chi connectivity index (χ0v) is 14.3. The largest absolute Gasteiger partial charge is 0.467 e. The summed E-state index contributed by atoms with van der Waals surface area (Å²) in [6.45, 7) is 4.85. The molecule has 2 fully saturated rings. The number of hydrogen-bond donors (Lipinski definition) is 0. The quantitative estimate of drug-likeness (QED) is 0.768. The van der Waals surface area contributed by atoms with Gasteiger partial charge < -0.3 is 14.2 Å². The van der Waals surface area contributed by atoms with E-state index in [4.69, 9.17) is 9.26 Å². The Morgan fingerprint density at radius 1 is 1.32 bits per heavy atom. The van der Waals surface area contributed by atoms with Gasteiger partial charge in [0.25, 0.3) is 0 Å². The fourth-order valence-electron chi connectivity index (χ4n) is 3.39. The molecule has 0 bridgehead atoms. The number of rotatable bonds is 5. The van der Waals surface area contributed by atoms with Gasteiger partial charge in [-0.2, -0.15) is 9.97 Å². The second kappa shape index (κ2) is 6.40. The van der Waals surface area contributed by atoms with Crippen LogP contribution in [-0.4, -0.2) is 68.6 Å². The monoisotopic (exact) mass is 344 g/mol.